The van der Waals surface area contributed by atoms with Crippen LogP contribution < -0.4 is 4.74 Å². The van der Waals surface area contributed by atoms with Crippen molar-refractivity contribution in [3.8, 4) is 11.6 Å². The van der Waals surface area contributed by atoms with Gasteiger partial charge >= 0.3 is 11.7 Å². The van der Waals surface area contributed by atoms with Gasteiger partial charge in [-0.15, -0.1) is 0 Å². The molecule has 1 aromatic carbocycles. The number of nitro groups is 1. The monoisotopic (exact) mass is 292 g/mol. The molecule has 1 aromatic heterocycles. The maximum absolute atomic E-state index is 13.5. The molecule has 0 saturated heterocycles. The molecule has 7 nitrogen and oxygen atoms in total. The molecule has 0 unspecified atom stereocenters. The number of hydrogen-bond donors (Lipinski definition) is 1. The van der Waals surface area contributed by atoms with Gasteiger partial charge in [0.05, 0.1) is 10.5 Å². The van der Waals surface area contributed by atoms with E-state index < -0.39 is 22.4 Å². The summed E-state index contributed by atoms with van der Waals surface area (Å²) in [5.74, 6) is -2.27. The van der Waals surface area contributed by atoms with Gasteiger partial charge in [-0.25, -0.2) is 9.78 Å². The predicted molar refractivity (Wildman–Crippen MR) is 69.1 cm³/mol. The Morgan fingerprint density at radius 1 is 1.38 bits per heavy atom. The quantitative estimate of drug-likeness (QED) is 0.686. The lowest BCUT2D eigenvalue weighted by Crippen LogP contribution is -2.00. The van der Waals surface area contributed by atoms with Crippen LogP contribution in [0.4, 0.5) is 10.1 Å². The van der Waals surface area contributed by atoms with Crippen molar-refractivity contribution in [1.29, 1.82) is 0 Å². The van der Waals surface area contributed by atoms with E-state index in [9.17, 15) is 19.3 Å². The SMILES string of the molecule is Cc1cc(C(=O)O)cc(Oc2ccc([N+](=O)[O-])c(F)c2)n1. The zero-order valence-electron chi connectivity index (χ0n) is 10.7. The molecule has 0 spiro atoms. The van der Waals surface area contributed by atoms with Gasteiger partial charge in [-0.1, -0.05) is 0 Å². The van der Waals surface area contributed by atoms with E-state index in [0.29, 0.717) is 5.69 Å². The first kappa shape index (κ1) is 14.4. The molecule has 0 aliphatic carbocycles. The molecular formula is C13H9FN2O5. The number of aryl methyl sites for hydroxylation is 1. The molecule has 8 heteroatoms. The summed E-state index contributed by atoms with van der Waals surface area (Å²) in [4.78, 5) is 24.5. The van der Waals surface area contributed by atoms with Crippen LogP contribution in [0.25, 0.3) is 0 Å². The second kappa shape index (κ2) is 5.53. The number of benzene rings is 1. The maximum atomic E-state index is 13.5. The van der Waals surface area contributed by atoms with E-state index in [1.807, 2.05) is 0 Å². The van der Waals surface area contributed by atoms with Gasteiger partial charge in [0.15, 0.2) is 0 Å². The molecule has 0 atom stereocenters. The van der Waals surface area contributed by atoms with E-state index in [1.165, 1.54) is 18.2 Å². The lowest BCUT2D eigenvalue weighted by molar-refractivity contribution is -0.387. The van der Waals surface area contributed by atoms with Gasteiger partial charge in [-0.05, 0) is 19.1 Å². The molecule has 1 N–H and O–H groups in total. The first-order chi connectivity index (χ1) is 9.86. The second-order valence-electron chi connectivity index (χ2n) is 4.11. The highest BCUT2D eigenvalue weighted by Crippen LogP contribution is 2.26. The number of rotatable bonds is 4. The summed E-state index contributed by atoms with van der Waals surface area (Å²) in [6.07, 6.45) is 0. The van der Waals surface area contributed by atoms with Crippen molar-refractivity contribution >= 4 is 11.7 Å². The second-order valence-corrected chi connectivity index (χ2v) is 4.11. The van der Waals surface area contributed by atoms with Crippen LogP contribution in [0, 0.1) is 22.9 Å². The molecule has 0 amide bonds. The van der Waals surface area contributed by atoms with E-state index in [2.05, 4.69) is 4.98 Å². The number of pyridine rings is 1. The number of halogens is 1. The van der Waals surface area contributed by atoms with Crippen LogP contribution in [0.1, 0.15) is 16.1 Å². The normalized spacial score (nSPS) is 10.2. The Labute approximate surface area is 117 Å². The first-order valence-corrected chi connectivity index (χ1v) is 5.70. The van der Waals surface area contributed by atoms with Crippen LogP contribution in [-0.4, -0.2) is 21.0 Å². The third-order valence-corrected chi connectivity index (χ3v) is 2.52. The fourth-order valence-electron chi connectivity index (χ4n) is 1.63. The van der Waals surface area contributed by atoms with E-state index in [4.69, 9.17) is 9.84 Å². The minimum atomic E-state index is -1.15. The van der Waals surface area contributed by atoms with Crippen LogP contribution >= 0.6 is 0 Å². The van der Waals surface area contributed by atoms with E-state index >= 15 is 0 Å². The van der Waals surface area contributed by atoms with Crippen molar-refractivity contribution in [2.45, 2.75) is 6.92 Å². The fraction of sp³-hybridized carbons (Fsp3) is 0.0769. The van der Waals surface area contributed by atoms with Crippen LogP contribution in [0.3, 0.4) is 0 Å². The van der Waals surface area contributed by atoms with Gasteiger partial charge < -0.3 is 9.84 Å². The molecule has 2 rings (SSSR count). The van der Waals surface area contributed by atoms with E-state index in [1.54, 1.807) is 6.92 Å². The molecule has 108 valence electrons. The standard InChI is InChI=1S/C13H9FN2O5/c1-7-4-8(13(17)18)5-12(15-7)21-9-2-3-11(16(19)20)10(14)6-9/h2-6H,1H3,(H,17,18). The van der Waals surface area contributed by atoms with Gasteiger partial charge in [0.1, 0.15) is 5.75 Å². The number of nitro benzene ring substituents is 1. The summed E-state index contributed by atoms with van der Waals surface area (Å²) in [5, 5.41) is 19.4. The Morgan fingerprint density at radius 2 is 2.10 bits per heavy atom. The summed E-state index contributed by atoms with van der Waals surface area (Å²) in [6.45, 7) is 1.58. The van der Waals surface area contributed by atoms with Gasteiger partial charge in [-0.2, -0.15) is 4.39 Å². The number of aromatic nitrogens is 1. The van der Waals surface area contributed by atoms with Crippen molar-refractivity contribution in [2.75, 3.05) is 0 Å². The van der Waals surface area contributed by atoms with E-state index in [0.717, 1.165) is 12.1 Å². The molecular weight excluding hydrogens is 283 g/mol. The average Bonchev–Trinajstić information content (AvgIpc) is 2.37. The minimum absolute atomic E-state index is 0.0208. The molecule has 0 fully saturated rings. The minimum Gasteiger partial charge on any atom is -0.478 e. The van der Waals surface area contributed by atoms with Crippen molar-refractivity contribution in [1.82, 2.24) is 4.98 Å². The van der Waals surface area contributed by atoms with Gasteiger partial charge in [0, 0.05) is 23.9 Å². The highest BCUT2D eigenvalue weighted by atomic mass is 19.1. The summed E-state index contributed by atoms with van der Waals surface area (Å²) >= 11 is 0. The average molecular weight is 292 g/mol. The van der Waals surface area contributed by atoms with Crippen LogP contribution in [-0.2, 0) is 0 Å². The van der Waals surface area contributed by atoms with Crippen LogP contribution in [0.15, 0.2) is 30.3 Å². The molecule has 21 heavy (non-hydrogen) atoms. The van der Waals surface area contributed by atoms with Crippen molar-refractivity contribution in [3.63, 3.8) is 0 Å². The first-order valence-electron chi connectivity index (χ1n) is 5.70. The summed E-state index contributed by atoms with van der Waals surface area (Å²) in [6, 6.07) is 5.52. The Hall–Kier alpha value is -3.03. The zero-order chi connectivity index (χ0) is 15.6. The highest BCUT2D eigenvalue weighted by Gasteiger charge is 2.15. The third kappa shape index (κ3) is 3.30. The molecule has 0 radical (unpaired) electrons. The number of aromatic carboxylic acids is 1. The van der Waals surface area contributed by atoms with Gasteiger partial charge in [-0.3, -0.25) is 10.1 Å². The van der Waals surface area contributed by atoms with E-state index in [-0.39, 0.29) is 17.2 Å². The van der Waals surface area contributed by atoms with Crippen LogP contribution in [0.5, 0.6) is 11.6 Å². The Kier molecular flexibility index (Phi) is 3.79. The predicted octanol–water partition coefficient (Wildman–Crippen LogP) is 2.93. The number of ether oxygens (including phenoxy) is 1. The molecule has 0 aliphatic heterocycles. The largest absolute Gasteiger partial charge is 0.478 e. The van der Waals surface area contributed by atoms with Crippen molar-refractivity contribution in [2.24, 2.45) is 0 Å². The number of hydrogen-bond acceptors (Lipinski definition) is 5. The Bertz CT molecular complexity index is 732. The number of carboxylic acids is 1. The summed E-state index contributed by atoms with van der Waals surface area (Å²) in [7, 11) is 0. The van der Waals surface area contributed by atoms with Crippen LogP contribution in [0.2, 0.25) is 0 Å². The Morgan fingerprint density at radius 3 is 2.67 bits per heavy atom. The molecule has 1 heterocycles. The van der Waals surface area contributed by atoms with Gasteiger partial charge in [0.2, 0.25) is 11.7 Å². The lowest BCUT2D eigenvalue weighted by atomic mass is 10.2. The maximum Gasteiger partial charge on any atom is 0.335 e. The number of nitrogens with zero attached hydrogens (tertiary/aromatic N) is 2. The van der Waals surface area contributed by atoms with Crippen molar-refractivity contribution in [3.05, 3.63) is 57.5 Å². The number of carboxylic acid groups (broad SMARTS) is 1. The summed E-state index contributed by atoms with van der Waals surface area (Å²) < 4.78 is 18.7. The molecule has 2 aromatic rings. The lowest BCUT2D eigenvalue weighted by Gasteiger charge is -2.07. The Balaban J connectivity index is 2.32. The topological polar surface area (TPSA) is 103 Å². The van der Waals surface area contributed by atoms with Gasteiger partial charge in [0.25, 0.3) is 0 Å². The third-order valence-electron chi connectivity index (χ3n) is 2.52. The molecule has 0 saturated carbocycles. The summed E-state index contributed by atoms with van der Waals surface area (Å²) in [5.41, 5.74) is -0.294. The molecule has 0 aliphatic rings. The fourth-order valence-corrected chi connectivity index (χ4v) is 1.63. The number of carbonyl (C=O) groups is 1. The van der Waals surface area contributed by atoms with Crippen molar-refractivity contribution < 1.29 is 24.0 Å². The zero-order valence-corrected chi connectivity index (χ0v) is 10.7. The smallest absolute Gasteiger partial charge is 0.335 e. The molecule has 0 bridgehead atoms. The highest BCUT2D eigenvalue weighted by molar-refractivity contribution is 5.88.